The van der Waals surface area contributed by atoms with Gasteiger partial charge in [0.15, 0.2) is 5.78 Å². The van der Waals surface area contributed by atoms with Gasteiger partial charge in [-0.3, -0.25) is 9.59 Å². The predicted octanol–water partition coefficient (Wildman–Crippen LogP) is 5.74. The van der Waals surface area contributed by atoms with Gasteiger partial charge >= 0.3 is 6.03 Å². The minimum Gasteiger partial charge on any atom is -0.494 e. The van der Waals surface area contributed by atoms with E-state index < -0.39 is 6.03 Å². The van der Waals surface area contributed by atoms with Crippen LogP contribution in [0.4, 0.5) is 33.2 Å². The number of nitrogens with one attached hydrogen (secondary N) is 4. The minimum absolute atomic E-state index is 0.255. The van der Waals surface area contributed by atoms with Gasteiger partial charge in [0.1, 0.15) is 17.2 Å². The van der Waals surface area contributed by atoms with Crippen molar-refractivity contribution in [3.05, 3.63) is 108 Å². The molecule has 2 heterocycles. The maximum atomic E-state index is 13.5. The van der Waals surface area contributed by atoms with Gasteiger partial charge in [0.05, 0.1) is 19.8 Å². The number of rotatable bonds is 9. The van der Waals surface area contributed by atoms with Gasteiger partial charge in [-0.15, -0.1) is 0 Å². The largest absolute Gasteiger partial charge is 0.494 e. The molecule has 0 radical (unpaired) electrons. The van der Waals surface area contributed by atoms with Crippen LogP contribution in [0.2, 0.25) is 0 Å². The molecule has 0 saturated carbocycles. The molecular weight excluding hydrogens is 596 g/mol. The third-order valence-corrected chi connectivity index (χ3v) is 8.23. The normalized spacial score (nSPS) is 15.1. The zero-order chi connectivity index (χ0) is 32.9. The van der Waals surface area contributed by atoms with Crippen molar-refractivity contribution in [3.8, 4) is 11.5 Å². The van der Waals surface area contributed by atoms with Crippen LogP contribution >= 0.6 is 0 Å². The molecule has 11 heteroatoms. The number of hydrogen-bond donors (Lipinski definition) is 4. The Hall–Kier alpha value is -5.81. The summed E-state index contributed by atoms with van der Waals surface area (Å²) in [6.07, 6.45) is 1.69. The Balaban J connectivity index is 1.12. The highest BCUT2D eigenvalue weighted by Gasteiger charge is 2.26. The molecule has 6 rings (SSSR count). The summed E-state index contributed by atoms with van der Waals surface area (Å²) in [7, 11) is 5.14. The monoisotopic (exact) mass is 632 g/mol. The Morgan fingerprint density at radius 1 is 0.787 bits per heavy atom. The van der Waals surface area contributed by atoms with Gasteiger partial charge in [-0.25, -0.2) is 4.79 Å². The van der Waals surface area contributed by atoms with Gasteiger partial charge < -0.3 is 40.5 Å². The van der Waals surface area contributed by atoms with Crippen molar-refractivity contribution in [1.82, 2.24) is 4.90 Å². The molecule has 0 aromatic heterocycles. The number of para-hydroxylation sites is 1. The molecule has 2 aliphatic heterocycles. The minimum atomic E-state index is -0.531. The first-order chi connectivity index (χ1) is 22.8. The SMILES string of the molecule is COc1cccc(OC)c1NC(=O)Nc1cccc(C(=O)c2ccc3c(c2)NC(=O)/C3=C/Nc2ccc(N3CCN(C)CC3)cc2)c1. The van der Waals surface area contributed by atoms with Crippen molar-refractivity contribution in [3.63, 3.8) is 0 Å². The van der Waals surface area contributed by atoms with Crippen molar-refractivity contribution in [1.29, 1.82) is 0 Å². The average molecular weight is 633 g/mol. The number of anilines is 5. The lowest BCUT2D eigenvalue weighted by Gasteiger charge is -2.34. The fourth-order valence-corrected chi connectivity index (χ4v) is 5.62. The molecular formula is C36H36N6O5. The van der Waals surface area contributed by atoms with Crippen molar-refractivity contribution >= 4 is 51.7 Å². The van der Waals surface area contributed by atoms with E-state index in [0.717, 1.165) is 31.9 Å². The van der Waals surface area contributed by atoms with Gasteiger partial charge in [-0.1, -0.05) is 30.3 Å². The first-order valence-electron chi connectivity index (χ1n) is 15.2. The van der Waals surface area contributed by atoms with E-state index in [0.29, 0.717) is 50.8 Å². The van der Waals surface area contributed by atoms with Crippen molar-refractivity contribution in [2.75, 3.05) is 73.6 Å². The molecule has 4 N–H and O–H groups in total. The molecule has 0 unspecified atom stereocenters. The topological polar surface area (TPSA) is 124 Å². The summed E-state index contributed by atoms with van der Waals surface area (Å²) >= 11 is 0. The number of carbonyl (C=O) groups excluding carboxylic acids is 3. The standard InChI is InChI=1S/C36H36N6O5/c1-41-16-18-42(19-17-41)27-13-11-25(12-14-27)37-22-29-28-15-10-24(21-30(28)39-35(29)44)34(43)23-6-4-7-26(20-23)38-36(45)40-33-31(46-2)8-5-9-32(33)47-3/h4-15,20-22,37H,16-19H2,1-3H3,(H,39,44)(H2,38,40,45)/b29-22+. The second-order valence-corrected chi connectivity index (χ2v) is 11.3. The second-order valence-electron chi connectivity index (χ2n) is 11.3. The maximum absolute atomic E-state index is 13.5. The van der Waals surface area contributed by atoms with Gasteiger partial charge in [0.2, 0.25) is 0 Å². The Labute approximate surface area is 273 Å². The Morgan fingerprint density at radius 3 is 2.17 bits per heavy atom. The number of piperazine rings is 1. The van der Waals surface area contributed by atoms with E-state index in [-0.39, 0.29) is 11.7 Å². The second kappa shape index (κ2) is 13.7. The molecule has 47 heavy (non-hydrogen) atoms. The first kappa shape index (κ1) is 31.2. The number of ether oxygens (including phenoxy) is 2. The van der Waals surface area contributed by atoms with E-state index >= 15 is 0 Å². The number of methoxy groups -OCH3 is 2. The van der Waals surface area contributed by atoms with Crippen LogP contribution < -0.4 is 35.6 Å². The average Bonchev–Trinajstić information content (AvgIpc) is 3.41. The lowest BCUT2D eigenvalue weighted by molar-refractivity contribution is -0.110. The summed E-state index contributed by atoms with van der Waals surface area (Å²) in [5.74, 6) is 0.371. The molecule has 11 nitrogen and oxygen atoms in total. The lowest BCUT2D eigenvalue weighted by atomic mass is 9.99. The fourth-order valence-electron chi connectivity index (χ4n) is 5.62. The number of hydrogen-bond acceptors (Lipinski definition) is 8. The van der Waals surface area contributed by atoms with Crippen LogP contribution in [0.25, 0.3) is 5.57 Å². The molecule has 1 fully saturated rings. The number of likely N-dealkylation sites (N-methyl/N-ethyl adjacent to an activating group) is 1. The Bertz CT molecular complexity index is 1830. The Kier molecular flexibility index (Phi) is 9.07. The van der Waals surface area contributed by atoms with Crippen molar-refractivity contribution < 1.29 is 23.9 Å². The van der Waals surface area contributed by atoms with Crippen LogP contribution in [0.15, 0.2) is 91.1 Å². The fraction of sp³-hybridized carbons (Fsp3) is 0.194. The third kappa shape index (κ3) is 6.90. The van der Waals surface area contributed by atoms with Crippen LogP contribution in [0.5, 0.6) is 11.5 Å². The van der Waals surface area contributed by atoms with Gasteiger partial charge in [0, 0.05) is 71.8 Å². The van der Waals surface area contributed by atoms with Crippen LogP contribution in [0, 0.1) is 0 Å². The quantitative estimate of drug-likeness (QED) is 0.136. The molecule has 4 aromatic rings. The summed E-state index contributed by atoms with van der Waals surface area (Å²) in [4.78, 5) is 43.9. The molecule has 0 bridgehead atoms. The van der Waals surface area contributed by atoms with Crippen LogP contribution in [-0.2, 0) is 4.79 Å². The highest BCUT2D eigenvalue weighted by Crippen LogP contribution is 2.35. The van der Waals surface area contributed by atoms with E-state index in [2.05, 4.69) is 50.2 Å². The van der Waals surface area contributed by atoms with Crippen molar-refractivity contribution in [2.24, 2.45) is 0 Å². The van der Waals surface area contributed by atoms with E-state index in [4.69, 9.17) is 9.47 Å². The number of carbonyl (C=O) groups is 3. The van der Waals surface area contributed by atoms with E-state index in [1.165, 1.54) is 19.9 Å². The molecule has 0 atom stereocenters. The number of ketones is 1. The zero-order valence-corrected chi connectivity index (χ0v) is 26.4. The molecule has 3 amide bonds. The van der Waals surface area contributed by atoms with Crippen LogP contribution in [-0.4, -0.2) is 70.1 Å². The number of nitrogens with zero attached hydrogens (tertiary/aromatic N) is 2. The van der Waals surface area contributed by atoms with E-state index in [9.17, 15) is 14.4 Å². The van der Waals surface area contributed by atoms with Crippen LogP contribution in [0.1, 0.15) is 21.5 Å². The van der Waals surface area contributed by atoms with Gasteiger partial charge in [-0.05, 0) is 61.6 Å². The molecule has 2 aliphatic rings. The summed E-state index contributed by atoms with van der Waals surface area (Å²) < 4.78 is 10.7. The summed E-state index contributed by atoms with van der Waals surface area (Å²) in [6, 6.07) is 24.6. The zero-order valence-electron chi connectivity index (χ0n) is 26.4. The van der Waals surface area contributed by atoms with E-state index in [1.807, 2.05) is 12.1 Å². The predicted molar refractivity (Wildman–Crippen MR) is 185 cm³/mol. The first-order valence-corrected chi connectivity index (χ1v) is 15.2. The van der Waals surface area contributed by atoms with E-state index in [1.54, 1.807) is 66.9 Å². The summed E-state index contributed by atoms with van der Waals surface area (Å²) in [6.45, 7) is 4.07. The molecule has 1 saturated heterocycles. The molecule has 4 aromatic carbocycles. The van der Waals surface area contributed by atoms with Gasteiger partial charge in [0.25, 0.3) is 5.91 Å². The highest BCUT2D eigenvalue weighted by atomic mass is 16.5. The number of benzene rings is 4. The number of amides is 3. The van der Waals surface area contributed by atoms with Gasteiger partial charge in [-0.2, -0.15) is 0 Å². The number of fused-ring (bicyclic) bond motifs is 1. The summed E-state index contributed by atoms with van der Waals surface area (Å²) in [5, 5.41) is 11.6. The van der Waals surface area contributed by atoms with Crippen molar-refractivity contribution in [2.45, 2.75) is 0 Å². The lowest BCUT2D eigenvalue weighted by Crippen LogP contribution is -2.44. The smallest absolute Gasteiger partial charge is 0.323 e. The molecule has 0 spiro atoms. The molecule has 240 valence electrons. The maximum Gasteiger partial charge on any atom is 0.323 e. The Morgan fingerprint density at radius 2 is 1.47 bits per heavy atom. The third-order valence-electron chi connectivity index (χ3n) is 8.23. The molecule has 0 aliphatic carbocycles. The number of urea groups is 1. The summed E-state index contributed by atoms with van der Waals surface area (Å²) in [5.41, 5.74) is 5.35. The highest BCUT2D eigenvalue weighted by molar-refractivity contribution is 6.32. The van der Waals surface area contributed by atoms with Crippen LogP contribution in [0.3, 0.4) is 0 Å².